The Balaban J connectivity index is 2.95. The van der Waals surface area contributed by atoms with E-state index >= 15 is 0 Å². The van der Waals surface area contributed by atoms with Crippen LogP contribution in [0.3, 0.4) is 0 Å². The van der Waals surface area contributed by atoms with E-state index in [1.165, 1.54) is 6.07 Å². The number of carboxylic acid groups (broad SMARTS) is 1. The van der Waals surface area contributed by atoms with Crippen molar-refractivity contribution in [2.75, 3.05) is 0 Å². The molecule has 0 amide bonds. The molecule has 92 valence electrons. The first kappa shape index (κ1) is 13.4. The van der Waals surface area contributed by atoms with Gasteiger partial charge in [-0.05, 0) is 49.1 Å². The number of rotatable bonds is 5. The van der Waals surface area contributed by atoms with E-state index in [1.807, 2.05) is 6.92 Å². The van der Waals surface area contributed by atoms with Gasteiger partial charge in [-0.15, -0.1) is 0 Å². The van der Waals surface area contributed by atoms with E-state index in [9.17, 15) is 9.18 Å². The Hall–Kier alpha value is -1.64. The van der Waals surface area contributed by atoms with Gasteiger partial charge in [0, 0.05) is 5.57 Å². The van der Waals surface area contributed by atoms with E-state index in [0.717, 1.165) is 18.4 Å². The number of halogens is 1. The highest BCUT2D eigenvalue weighted by Crippen LogP contribution is 2.16. The fraction of sp³-hybridized carbons (Fsp3) is 0.357. The molecule has 17 heavy (non-hydrogen) atoms. The van der Waals surface area contributed by atoms with Crippen LogP contribution in [0.15, 0.2) is 23.8 Å². The van der Waals surface area contributed by atoms with Crippen LogP contribution in [0.5, 0.6) is 0 Å². The zero-order valence-corrected chi connectivity index (χ0v) is 10.2. The summed E-state index contributed by atoms with van der Waals surface area (Å²) in [6.45, 7) is 3.68. The first-order valence-electron chi connectivity index (χ1n) is 5.74. The normalized spacial score (nSPS) is 11.6. The van der Waals surface area contributed by atoms with Gasteiger partial charge in [0.2, 0.25) is 0 Å². The minimum absolute atomic E-state index is 0.271. The van der Waals surface area contributed by atoms with Crippen molar-refractivity contribution in [3.63, 3.8) is 0 Å². The number of hydrogen-bond acceptors (Lipinski definition) is 1. The maximum atomic E-state index is 13.1. The summed E-state index contributed by atoms with van der Waals surface area (Å²) >= 11 is 0. The number of unbranched alkanes of at least 4 members (excludes halogenated alkanes) is 1. The molecular formula is C14H17FO2. The van der Waals surface area contributed by atoms with Gasteiger partial charge in [-0.3, -0.25) is 0 Å². The monoisotopic (exact) mass is 236 g/mol. The molecule has 0 unspecified atom stereocenters. The van der Waals surface area contributed by atoms with E-state index < -0.39 is 5.97 Å². The van der Waals surface area contributed by atoms with Crippen molar-refractivity contribution in [2.24, 2.45) is 0 Å². The third kappa shape index (κ3) is 4.02. The lowest BCUT2D eigenvalue weighted by atomic mass is 10.0. The maximum Gasteiger partial charge on any atom is 0.331 e. The molecule has 0 aliphatic carbocycles. The molecule has 0 aliphatic rings. The summed E-state index contributed by atoms with van der Waals surface area (Å²) < 4.78 is 13.1. The maximum absolute atomic E-state index is 13.1. The van der Waals surface area contributed by atoms with Crippen molar-refractivity contribution in [3.8, 4) is 0 Å². The van der Waals surface area contributed by atoms with Crippen LogP contribution < -0.4 is 0 Å². The molecular weight excluding hydrogens is 219 g/mol. The molecule has 0 heterocycles. The summed E-state index contributed by atoms with van der Waals surface area (Å²) in [6.07, 6.45) is 3.96. The fourth-order valence-corrected chi connectivity index (χ4v) is 1.57. The summed E-state index contributed by atoms with van der Waals surface area (Å²) in [5.41, 5.74) is 1.63. The smallest absolute Gasteiger partial charge is 0.331 e. The molecule has 1 aromatic carbocycles. The van der Waals surface area contributed by atoms with Crippen molar-refractivity contribution in [1.82, 2.24) is 0 Å². The molecule has 0 saturated carbocycles. The standard InChI is InChI=1S/C14H17FO2/c1-3-4-5-12(14(16)17)9-11-6-7-13(15)10(2)8-11/h6-9H,3-5H2,1-2H3,(H,16,17). The third-order valence-electron chi connectivity index (χ3n) is 2.60. The molecule has 3 heteroatoms. The van der Waals surface area contributed by atoms with Crippen molar-refractivity contribution in [1.29, 1.82) is 0 Å². The fourth-order valence-electron chi connectivity index (χ4n) is 1.57. The highest BCUT2D eigenvalue weighted by molar-refractivity contribution is 5.92. The first-order chi connectivity index (χ1) is 8.04. The van der Waals surface area contributed by atoms with E-state index in [-0.39, 0.29) is 5.82 Å². The highest BCUT2D eigenvalue weighted by atomic mass is 19.1. The van der Waals surface area contributed by atoms with Crippen LogP contribution in [-0.2, 0) is 4.79 Å². The first-order valence-corrected chi connectivity index (χ1v) is 5.74. The molecule has 0 spiro atoms. The van der Waals surface area contributed by atoms with Gasteiger partial charge in [0.1, 0.15) is 5.82 Å². The number of aryl methyl sites for hydroxylation is 1. The van der Waals surface area contributed by atoms with Crippen LogP contribution in [0, 0.1) is 12.7 Å². The van der Waals surface area contributed by atoms with E-state index in [4.69, 9.17) is 5.11 Å². The van der Waals surface area contributed by atoms with Crippen molar-refractivity contribution < 1.29 is 14.3 Å². The second-order valence-corrected chi connectivity index (χ2v) is 4.09. The molecule has 0 saturated heterocycles. The van der Waals surface area contributed by atoms with Gasteiger partial charge in [0.15, 0.2) is 0 Å². The Kier molecular flexibility index (Phi) is 4.88. The predicted octanol–water partition coefficient (Wildman–Crippen LogP) is 3.79. The molecule has 0 atom stereocenters. The van der Waals surface area contributed by atoms with Gasteiger partial charge in [-0.25, -0.2) is 9.18 Å². The summed E-state index contributed by atoms with van der Waals surface area (Å²) in [5, 5.41) is 9.04. The van der Waals surface area contributed by atoms with E-state index in [1.54, 1.807) is 25.1 Å². The molecule has 0 fully saturated rings. The van der Waals surface area contributed by atoms with Crippen molar-refractivity contribution in [3.05, 3.63) is 40.7 Å². The second kappa shape index (κ2) is 6.18. The number of benzene rings is 1. The molecule has 2 nitrogen and oxygen atoms in total. The quantitative estimate of drug-likeness (QED) is 0.790. The van der Waals surface area contributed by atoms with Gasteiger partial charge in [0.25, 0.3) is 0 Å². The lowest BCUT2D eigenvalue weighted by Crippen LogP contribution is -2.00. The SMILES string of the molecule is CCCCC(=Cc1ccc(F)c(C)c1)C(=O)O. The average Bonchev–Trinajstić information content (AvgIpc) is 2.28. The zero-order valence-electron chi connectivity index (χ0n) is 10.2. The lowest BCUT2D eigenvalue weighted by molar-refractivity contribution is -0.132. The molecule has 0 aromatic heterocycles. The van der Waals surface area contributed by atoms with Crippen LogP contribution in [0.2, 0.25) is 0 Å². The van der Waals surface area contributed by atoms with Crippen LogP contribution in [0.1, 0.15) is 37.3 Å². The molecule has 1 rings (SSSR count). The van der Waals surface area contributed by atoms with E-state index in [2.05, 4.69) is 0 Å². The van der Waals surface area contributed by atoms with Gasteiger partial charge in [0.05, 0.1) is 0 Å². The second-order valence-electron chi connectivity index (χ2n) is 4.09. The Bertz CT molecular complexity index is 436. The van der Waals surface area contributed by atoms with Gasteiger partial charge >= 0.3 is 5.97 Å². The number of aliphatic carboxylic acids is 1. The third-order valence-corrected chi connectivity index (χ3v) is 2.60. The summed E-state index contributed by atoms with van der Waals surface area (Å²) in [7, 11) is 0. The Morgan fingerprint density at radius 1 is 1.47 bits per heavy atom. The van der Waals surface area contributed by atoms with Crippen LogP contribution in [0.25, 0.3) is 6.08 Å². The van der Waals surface area contributed by atoms with E-state index in [0.29, 0.717) is 17.6 Å². The van der Waals surface area contributed by atoms with Gasteiger partial charge < -0.3 is 5.11 Å². The minimum atomic E-state index is -0.902. The largest absolute Gasteiger partial charge is 0.478 e. The zero-order chi connectivity index (χ0) is 12.8. The highest BCUT2D eigenvalue weighted by Gasteiger charge is 2.07. The predicted molar refractivity (Wildman–Crippen MR) is 66.3 cm³/mol. The Morgan fingerprint density at radius 3 is 2.71 bits per heavy atom. The summed E-state index contributed by atoms with van der Waals surface area (Å²) in [6, 6.07) is 4.61. The summed E-state index contributed by atoms with van der Waals surface area (Å²) in [5.74, 6) is -1.17. The average molecular weight is 236 g/mol. The van der Waals surface area contributed by atoms with Crippen LogP contribution >= 0.6 is 0 Å². The molecule has 1 aromatic rings. The lowest BCUT2D eigenvalue weighted by Gasteiger charge is -2.03. The Morgan fingerprint density at radius 2 is 2.18 bits per heavy atom. The van der Waals surface area contributed by atoms with Crippen LogP contribution in [0.4, 0.5) is 4.39 Å². The Labute approximate surface area is 101 Å². The molecule has 0 aliphatic heterocycles. The molecule has 0 radical (unpaired) electrons. The number of carbonyl (C=O) groups is 1. The molecule has 0 bridgehead atoms. The van der Waals surface area contributed by atoms with Gasteiger partial charge in [-0.1, -0.05) is 19.4 Å². The topological polar surface area (TPSA) is 37.3 Å². The van der Waals surface area contributed by atoms with Crippen LogP contribution in [-0.4, -0.2) is 11.1 Å². The van der Waals surface area contributed by atoms with Crippen molar-refractivity contribution >= 4 is 12.0 Å². The van der Waals surface area contributed by atoms with Gasteiger partial charge in [-0.2, -0.15) is 0 Å². The number of carboxylic acids is 1. The molecule has 1 N–H and O–H groups in total. The minimum Gasteiger partial charge on any atom is -0.478 e. The van der Waals surface area contributed by atoms with Crippen molar-refractivity contribution in [2.45, 2.75) is 33.1 Å². The summed E-state index contributed by atoms with van der Waals surface area (Å²) in [4.78, 5) is 11.0. The number of hydrogen-bond donors (Lipinski definition) is 1.